The quantitative estimate of drug-likeness (QED) is 0.858. The Bertz CT molecular complexity index is 367. The van der Waals surface area contributed by atoms with Crippen LogP contribution in [0.25, 0.3) is 0 Å². The first-order valence-corrected chi connectivity index (χ1v) is 8.06. The molecule has 2 aliphatic rings. The highest BCUT2D eigenvalue weighted by atomic mass is 16.2. The van der Waals surface area contributed by atoms with Crippen LogP contribution in [0.5, 0.6) is 0 Å². The van der Waals surface area contributed by atoms with Gasteiger partial charge in [0.05, 0.1) is 6.54 Å². The minimum absolute atomic E-state index is 0.0108. The van der Waals surface area contributed by atoms with Gasteiger partial charge in [-0.05, 0) is 30.6 Å². The number of carbonyl (C=O) groups excluding carboxylic acids is 2. The fourth-order valence-electron chi connectivity index (χ4n) is 3.74. The molecular weight excluding hydrogens is 252 g/mol. The standard InChI is InChI=1S/C16H28N2O2/c1-11(2)15-16(20)17-10-14(19)18(15)8-7-13-6-4-5-12(3)9-13/h11-13,15H,4-10H2,1-3H3,(H,17,20). The molecule has 0 bridgehead atoms. The molecule has 0 aromatic carbocycles. The van der Waals surface area contributed by atoms with E-state index in [2.05, 4.69) is 12.2 Å². The molecule has 0 spiro atoms. The van der Waals surface area contributed by atoms with E-state index < -0.39 is 0 Å². The SMILES string of the molecule is CC1CCCC(CCN2C(=O)CNC(=O)C2C(C)C)C1. The summed E-state index contributed by atoms with van der Waals surface area (Å²) in [6, 6.07) is -0.280. The number of nitrogens with zero attached hydrogens (tertiary/aromatic N) is 1. The van der Waals surface area contributed by atoms with Crippen LogP contribution in [-0.2, 0) is 9.59 Å². The molecule has 0 radical (unpaired) electrons. The molecule has 4 nitrogen and oxygen atoms in total. The Kier molecular flexibility index (Phi) is 5.06. The van der Waals surface area contributed by atoms with E-state index in [0.29, 0.717) is 0 Å². The molecule has 1 saturated carbocycles. The minimum atomic E-state index is -0.280. The number of piperazine rings is 1. The van der Waals surface area contributed by atoms with Gasteiger partial charge < -0.3 is 10.2 Å². The number of hydrogen-bond acceptors (Lipinski definition) is 2. The van der Waals surface area contributed by atoms with Crippen molar-refractivity contribution in [2.24, 2.45) is 17.8 Å². The van der Waals surface area contributed by atoms with Crippen molar-refractivity contribution in [2.45, 2.75) is 58.9 Å². The van der Waals surface area contributed by atoms with Crippen LogP contribution in [0.15, 0.2) is 0 Å². The van der Waals surface area contributed by atoms with Crippen LogP contribution < -0.4 is 5.32 Å². The molecule has 20 heavy (non-hydrogen) atoms. The van der Waals surface area contributed by atoms with Crippen LogP contribution in [-0.4, -0.2) is 35.8 Å². The van der Waals surface area contributed by atoms with E-state index in [0.717, 1.165) is 24.8 Å². The average Bonchev–Trinajstić information content (AvgIpc) is 2.39. The summed E-state index contributed by atoms with van der Waals surface area (Å²) in [6.07, 6.45) is 6.27. The van der Waals surface area contributed by atoms with E-state index in [1.165, 1.54) is 25.7 Å². The van der Waals surface area contributed by atoms with Crippen LogP contribution >= 0.6 is 0 Å². The molecule has 2 amide bonds. The fraction of sp³-hybridized carbons (Fsp3) is 0.875. The number of nitrogens with one attached hydrogen (secondary N) is 1. The van der Waals surface area contributed by atoms with Crippen LogP contribution in [0.3, 0.4) is 0 Å². The third kappa shape index (κ3) is 3.53. The van der Waals surface area contributed by atoms with Gasteiger partial charge in [0.25, 0.3) is 0 Å². The molecule has 1 heterocycles. The Morgan fingerprint density at radius 3 is 2.70 bits per heavy atom. The summed E-state index contributed by atoms with van der Waals surface area (Å²) in [5, 5.41) is 2.71. The predicted molar refractivity (Wildman–Crippen MR) is 79.1 cm³/mol. The molecule has 1 N–H and O–H groups in total. The molecule has 3 unspecified atom stereocenters. The maximum atomic E-state index is 12.1. The molecule has 1 aliphatic heterocycles. The third-order valence-electron chi connectivity index (χ3n) is 4.79. The number of carbonyl (C=O) groups is 2. The predicted octanol–water partition coefficient (Wildman–Crippen LogP) is 2.19. The second kappa shape index (κ2) is 6.59. The summed E-state index contributed by atoms with van der Waals surface area (Å²) in [6.45, 7) is 7.26. The van der Waals surface area contributed by atoms with Crippen molar-refractivity contribution >= 4 is 11.8 Å². The number of amides is 2. The van der Waals surface area contributed by atoms with Gasteiger partial charge in [-0.1, -0.05) is 40.0 Å². The lowest BCUT2D eigenvalue weighted by molar-refractivity contribution is -0.147. The third-order valence-corrected chi connectivity index (χ3v) is 4.79. The van der Waals surface area contributed by atoms with Crippen molar-refractivity contribution in [3.8, 4) is 0 Å². The molecule has 1 aliphatic carbocycles. The van der Waals surface area contributed by atoms with Crippen molar-refractivity contribution in [2.75, 3.05) is 13.1 Å². The lowest BCUT2D eigenvalue weighted by Gasteiger charge is -2.38. The second-order valence-electron chi connectivity index (χ2n) is 6.92. The van der Waals surface area contributed by atoms with E-state index in [4.69, 9.17) is 0 Å². The molecule has 4 heteroatoms. The highest BCUT2D eigenvalue weighted by molar-refractivity contribution is 5.94. The Morgan fingerprint density at radius 2 is 2.05 bits per heavy atom. The van der Waals surface area contributed by atoms with Gasteiger partial charge in [0.2, 0.25) is 11.8 Å². The molecule has 3 atom stereocenters. The van der Waals surface area contributed by atoms with E-state index in [9.17, 15) is 9.59 Å². The Balaban J connectivity index is 1.94. The zero-order chi connectivity index (χ0) is 14.7. The van der Waals surface area contributed by atoms with Crippen LogP contribution in [0.2, 0.25) is 0 Å². The lowest BCUT2D eigenvalue weighted by Crippen LogP contribution is -2.60. The maximum absolute atomic E-state index is 12.1. The first kappa shape index (κ1) is 15.3. The normalized spacial score (nSPS) is 31.6. The van der Waals surface area contributed by atoms with Crippen molar-refractivity contribution in [1.82, 2.24) is 10.2 Å². The van der Waals surface area contributed by atoms with Gasteiger partial charge in [0.15, 0.2) is 0 Å². The van der Waals surface area contributed by atoms with Crippen molar-refractivity contribution in [3.63, 3.8) is 0 Å². The van der Waals surface area contributed by atoms with E-state index in [1.54, 1.807) is 0 Å². The first-order valence-electron chi connectivity index (χ1n) is 8.06. The molecule has 1 saturated heterocycles. The first-order chi connectivity index (χ1) is 9.49. The lowest BCUT2D eigenvalue weighted by atomic mass is 9.80. The maximum Gasteiger partial charge on any atom is 0.243 e. The fourth-order valence-corrected chi connectivity index (χ4v) is 3.74. The van der Waals surface area contributed by atoms with Crippen molar-refractivity contribution in [3.05, 3.63) is 0 Å². The second-order valence-corrected chi connectivity index (χ2v) is 6.92. The summed E-state index contributed by atoms with van der Waals surface area (Å²) >= 11 is 0. The van der Waals surface area contributed by atoms with Crippen molar-refractivity contribution in [1.29, 1.82) is 0 Å². The summed E-state index contributed by atoms with van der Waals surface area (Å²) in [7, 11) is 0. The van der Waals surface area contributed by atoms with Crippen LogP contribution in [0.4, 0.5) is 0 Å². The summed E-state index contributed by atoms with van der Waals surface area (Å²) in [4.78, 5) is 25.9. The Morgan fingerprint density at radius 1 is 1.30 bits per heavy atom. The van der Waals surface area contributed by atoms with Gasteiger partial charge in [0.1, 0.15) is 6.04 Å². The Hall–Kier alpha value is -1.06. The number of rotatable bonds is 4. The van der Waals surface area contributed by atoms with E-state index >= 15 is 0 Å². The highest BCUT2D eigenvalue weighted by Gasteiger charge is 2.36. The molecule has 2 rings (SSSR count). The smallest absolute Gasteiger partial charge is 0.243 e. The van der Waals surface area contributed by atoms with Gasteiger partial charge in [-0.3, -0.25) is 9.59 Å². The zero-order valence-corrected chi connectivity index (χ0v) is 13.0. The summed E-state index contributed by atoms with van der Waals surface area (Å²) in [5.41, 5.74) is 0. The minimum Gasteiger partial charge on any atom is -0.345 e. The topological polar surface area (TPSA) is 49.4 Å². The van der Waals surface area contributed by atoms with Gasteiger partial charge in [-0.2, -0.15) is 0 Å². The van der Waals surface area contributed by atoms with Crippen LogP contribution in [0.1, 0.15) is 52.9 Å². The zero-order valence-electron chi connectivity index (χ0n) is 13.0. The van der Waals surface area contributed by atoms with E-state index in [1.807, 2.05) is 18.7 Å². The highest BCUT2D eigenvalue weighted by Crippen LogP contribution is 2.31. The molecule has 114 valence electrons. The molecule has 2 fully saturated rings. The molecule has 0 aromatic heterocycles. The monoisotopic (exact) mass is 280 g/mol. The van der Waals surface area contributed by atoms with Gasteiger partial charge in [-0.25, -0.2) is 0 Å². The van der Waals surface area contributed by atoms with Crippen LogP contribution in [0, 0.1) is 17.8 Å². The van der Waals surface area contributed by atoms with Gasteiger partial charge in [-0.15, -0.1) is 0 Å². The van der Waals surface area contributed by atoms with Gasteiger partial charge in [0, 0.05) is 6.54 Å². The summed E-state index contributed by atoms with van der Waals surface area (Å²) in [5.74, 6) is 1.80. The number of hydrogen-bond donors (Lipinski definition) is 1. The molecule has 0 aromatic rings. The van der Waals surface area contributed by atoms with E-state index in [-0.39, 0.29) is 30.3 Å². The van der Waals surface area contributed by atoms with Crippen molar-refractivity contribution < 1.29 is 9.59 Å². The largest absolute Gasteiger partial charge is 0.345 e. The Labute approximate surface area is 122 Å². The summed E-state index contributed by atoms with van der Waals surface area (Å²) < 4.78 is 0. The average molecular weight is 280 g/mol. The molecular formula is C16H28N2O2. The van der Waals surface area contributed by atoms with Gasteiger partial charge >= 0.3 is 0 Å².